The Balaban J connectivity index is 0.00000480. The van der Waals surface area contributed by atoms with Gasteiger partial charge in [0.2, 0.25) is 0 Å². The second-order valence-electron chi connectivity index (χ2n) is 7.09. The van der Waals surface area contributed by atoms with Crippen molar-refractivity contribution in [2.24, 2.45) is 10.9 Å². The lowest BCUT2D eigenvalue weighted by Crippen LogP contribution is -2.38. The number of nitrogens with zero attached hydrogens (tertiary/aromatic N) is 1. The minimum absolute atomic E-state index is 0. The number of halogens is 3. The van der Waals surface area contributed by atoms with Crippen molar-refractivity contribution in [1.82, 2.24) is 10.6 Å². The fourth-order valence-corrected chi connectivity index (χ4v) is 3.04. The summed E-state index contributed by atoms with van der Waals surface area (Å²) < 4.78 is 39.8. The standard InChI is InChI=1S/C21H33F2N3O4.HI/c1-2-24-21(25-10-3-11-29-15-16-8-12-28-13-9-16)26-14-19(27)17-4-6-18(7-5-17)30-20(22)23;/h4-7,16,19-20,27H,2-3,8-15H2,1H3,(H2,24,25,26);1H. The van der Waals surface area contributed by atoms with Crippen LogP contribution in [0.15, 0.2) is 29.3 Å². The number of aliphatic hydroxyl groups is 1. The Bertz CT molecular complexity index is 617. The number of nitrogens with one attached hydrogen (secondary N) is 2. The molecule has 3 N–H and O–H groups in total. The zero-order valence-corrected chi connectivity index (χ0v) is 20.2. The summed E-state index contributed by atoms with van der Waals surface area (Å²) in [6.45, 7) is 3.76. The molecule has 178 valence electrons. The second-order valence-corrected chi connectivity index (χ2v) is 7.09. The van der Waals surface area contributed by atoms with E-state index in [0.717, 1.165) is 39.1 Å². The van der Waals surface area contributed by atoms with Crippen LogP contribution in [0.4, 0.5) is 8.78 Å². The van der Waals surface area contributed by atoms with Crippen LogP contribution in [0, 0.1) is 5.92 Å². The molecule has 1 aromatic carbocycles. The fourth-order valence-electron chi connectivity index (χ4n) is 3.04. The highest BCUT2D eigenvalue weighted by atomic mass is 127. The van der Waals surface area contributed by atoms with Crippen molar-refractivity contribution in [3.8, 4) is 5.75 Å². The van der Waals surface area contributed by atoms with Crippen LogP contribution in [0.1, 0.15) is 37.9 Å². The molecule has 0 spiro atoms. The molecule has 1 heterocycles. The predicted molar refractivity (Wildman–Crippen MR) is 126 cm³/mol. The molecule has 31 heavy (non-hydrogen) atoms. The third-order valence-electron chi connectivity index (χ3n) is 4.71. The number of ether oxygens (including phenoxy) is 3. The monoisotopic (exact) mass is 557 g/mol. The molecule has 2 rings (SSSR count). The molecule has 7 nitrogen and oxygen atoms in total. The van der Waals surface area contributed by atoms with Crippen LogP contribution in [0.3, 0.4) is 0 Å². The lowest BCUT2D eigenvalue weighted by atomic mass is 10.0. The van der Waals surface area contributed by atoms with Gasteiger partial charge in [0.05, 0.1) is 12.6 Å². The lowest BCUT2D eigenvalue weighted by molar-refractivity contribution is -0.0498. The van der Waals surface area contributed by atoms with E-state index in [1.165, 1.54) is 12.1 Å². The van der Waals surface area contributed by atoms with Gasteiger partial charge in [-0.2, -0.15) is 8.78 Å². The maximum Gasteiger partial charge on any atom is 0.387 e. The molecule has 1 aromatic rings. The van der Waals surface area contributed by atoms with Gasteiger partial charge in [0.15, 0.2) is 5.96 Å². The van der Waals surface area contributed by atoms with Crippen LogP contribution in [0.2, 0.25) is 0 Å². The third-order valence-corrected chi connectivity index (χ3v) is 4.71. The molecule has 0 amide bonds. The van der Waals surface area contributed by atoms with Crippen LogP contribution in [0.25, 0.3) is 0 Å². The summed E-state index contributed by atoms with van der Waals surface area (Å²) in [6.07, 6.45) is 2.14. The summed E-state index contributed by atoms with van der Waals surface area (Å²) in [5, 5.41) is 16.6. The minimum Gasteiger partial charge on any atom is -0.435 e. The lowest BCUT2D eigenvalue weighted by Gasteiger charge is -2.21. The van der Waals surface area contributed by atoms with Crippen molar-refractivity contribution in [2.75, 3.05) is 46.1 Å². The molecular weight excluding hydrogens is 523 g/mol. The van der Waals surface area contributed by atoms with Crippen LogP contribution in [-0.4, -0.2) is 63.7 Å². The predicted octanol–water partition coefficient (Wildman–Crippen LogP) is 3.33. The van der Waals surface area contributed by atoms with E-state index < -0.39 is 12.7 Å². The topological polar surface area (TPSA) is 84.3 Å². The van der Waals surface area contributed by atoms with Crippen LogP contribution >= 0.6 is 24.0 Å². The second kappa shape index (κ2) is 16.4. The molecule has 1 unspecified atom stereocenters. The van der Waals surface area contributed by atoms with Crippen molar-refractivity contribution in [2.45, 2.75) is 38.9 Å². The van der Waals surface area contributed by atoms with Gasteiger partial charge in [0.25, 0.3) is 0 Å². The number of benzene rings is 1. The molecule has 0 aromatic heterocycles. The van der Waals surface area contributed by atoms with Gasteiger partial charge in [0, 0.05) is 39.5 Å². The molecule has 1 saturated heterocycles. The molecule has 0 saturated carbocycles. The molecule has 1 aliphatic rings. The van der Waals surface area contributed by atoms with Crippen molar-refractivity contribution in [1.29, 1.82) is 0 Å². The van der Waals surface area contributed by atoms with E-state index in [1.54, 1.807) is 12.1 Å². The van der Waals surface area contributed by atoms with Gasteiger partial charge in [-0.3, -0.25) is 4.99 Å². The Hall–Kier alpha value is -1.24. The minimum atomic E-state index is -2.87. The van der Waals surface area contributed by atoms with Gasteiger partial charge < -0.3 is 30.0 Å². The van der Waals surface area contributed by atoms with Crippen molar-refractivity contribution < 1.29 is 28.1 Å². The van der Waals surface area contributed by atoms with E-state index in [9.17, 15) is 13.9 Å². The van der Waals surface area contributed by atoms with Crippen LogP contribution < -0.4 is 15.4 Å². The molecule has 0 radical (unpaired) electrons. The van der Waals surface area contributed by atoms with Gasteiger partial charge in [-0.25, -0.2) is 0 Å². The highest BCUT2D eigenvalue weighted by molar-refractivity contribution is 14.0. The fraction of sp³-hybridized carbons (Fsp3) is 0.667. The van der Waals surface area contributed by atoms with Gasteiger partial charge >= 0.3 is 6.61 Å². The first-order valence-corrected chi connectivity index (χ1v) is 10.5. The third kappa shape index (κ3) is 11.8. The van der Waals surface area contributed by atoms with E-state index in [0.29, 0.717) is 37.1 Å². The van der Waals surface area contributed by atoms with Gasteiger partial charge in [-0.1, -0.05) is 12.1 Å². The molecular formula is C21H34F2IN3O4. The van der Waals surface area contributed by atoms with E-state index in [2.05, 4.69) is 20.4 Å². The normalized spacial score (nSPS) is 16.0. The number of guanidine groups is 1. The average molecular weight is 557 g/mol. The van der Waals surface area contributed by atoms with E-state index in [-0.39, 0.29) is 36.3 Å². The van der Waals surface area contributed by atoms with Gasteiger partial charge in [-0.05, 0) is 49.8 Å². The Morgan fingerprint density at radius 1 is 1.23 bits per heavy atom. The molecule has 10 heteroatoms. The summed E-state index contributed by atoms with van der Waals surface area (Å²) in [5.41, 5.74) is 0.581. The highest BCUT2D eigenvalue weighted by Crippen LogP contribution is 2.19. The SMILES string of the molecule is CCNC(=NCC(O)c1ccc(OC(F)F)cc1)NCCCOCC1CCOCC1.I. The molecule has 1 aliphatic heterocycles. The number of aliphatic imine (C=N–C) groups is 1. The zero-order chi connectivity index (χ0) is 21.6. The van der Waals surface area contributed by atoms with Crippen LogP contribution in [0.5, 0.6) is 5.75 Å². The largest absolute Gasteiger partial charge is 0.435 e. The summed E-state index contributed by atoms with van der Waals surface area (Å²) in [4.78, 5) is 4.39. The summed E-state index contributed by atoms with van der Waals surface area (Å²) >= 11 is 0. The van der Waals surface area contributed by atoms with E-state index in [4.69, 9.17) is 9.47 Å². The Labute approximate surface area is 200 Å². The summed E-state index contributed by atoms with van der Waals surface area (Å²) in [7, 11) is 0. The molecule has 0 bridgehead atoms. The zero-order valence-electron chi connectivity index (χ0n) is 17.9. The molecule has 0 aliphatic carbocycles. The Morgan fingerprint density at radius 2 is 1.94 bits per heavy atom. The number of hydrogen-bond acceptors (Lipinski definition) is 5. The van der Waals surface area contributed by atoms with Crippen molar-refractivity contribution in [3.63, 3.8) is 0 Å². The first-order valence-electron chi connectivity index (χ1n) is 10.5. The number of alkyl halides is 2. The van der Waals surface area contributed by atoms with Crippen LogP contribution in [-0.2, 0) is 9.47 Å². The molecule has 1 fully saturated rings. The Morgan fingerprint density at radius 3 is 2.58 bits per heavy atom. The number of rotatable bonds is 12. The molecule has 1 atom stereocenters. The smallest absolute Gasteiger partial charge is 0.387 e. The summed E-state index contributed by atoms with van der Waals surface area (Å²) in [5.74, 6) is 1.26. The maximum atomic E-state index is 12.2. The first kappa shape index (κ1) is 27.8. The average Bonchev–Trinajstić information content (AvgIpc) is 2.75. The highest BCUT2D eigenvalue weighted by Gasteiger charge is 2.13. The first-order chi connectivity index (χ1) is 14.6. The van der Waals surface area contributed by atoms with Gasteiger partial charge in [0.1, 0.15) is 5.75 Å². The Kier molecular flexibility index (Phi) is 14.7. The van der Waals surface area contributed by atoms with Crippen molar-refractivity contribution >= 4 is 29.9 Å². The van der Waals surface area contributed by atoms with Gasteiger partial charge in [-0.15, -0.1) is 24.0 Å². The maximum absolute atomic E-state index is 12.2. The van der Waals surface area contributed by atoms with E-state index in [1.807, 2.05) is 6.92 Å². The summed E-state index contributed by atoms with van der Waals surface area (Å²) in [6, 6.07) is 5.90. The quantitative estimate of drug-likeness (QED) is 0.158. The van der Waals surface area contributed by atoms with E-state index >= 15 is 0 Å². The number of aliphatic hydroxyl groups excluding tert-OH is 1. The number of hydrogen-bond donors (Lipinski definition) is 3. The van der Waals surface area contributed by atoms with Crippen molar-refractivity contribution in [3.05, 3.63) is 29.8 Å².